The first-order valence-corrected chi connectivity index (χ1v) is 7.23. The number of hydrogen-bond acceptors (Lipinski definition) is 3. The van der Waals surface area contributed by atoms with Crippen LogP contribution >= 0.6 is 0 Å². The van der Waals surface area contributed by atoms with E-state index in [2.05, 4.69) is 30.3 Å². The van der Waals surface area contributed by atoms with Crippen LogP contribution in [0.25, 0.3) is 0 Å². The van der Waals surface area contributed by atoms with E-state index >= 15 is 0 Å². The molecule has 0 radical (unpaired) electrons. The molecule has 0 aromatic carbocycles. The maximum atomic E-state index is 5.61. The summed E-state index contributed by atoms with van der Waals surface area (Å²) in [6.45, 7) is 4.24. The first-order chi connectivity index (χ1) is 8.74. The number of nitrogens with one attached hydrogen (secondary N) is 1. The third-order valence-electron chi connectivity index (χ3n) is 4.39. The van der Waals surface area contributed by atoms with Gasteiger partial charge in [0.1, 0.15) is 5.76 Å². The van der Waals surface area contributed by atoms with Crippen LogP contribution in [0.1, 0.15) is 43.9 Å². The Bertz CT molecular complexity index is 393. The molecule has 1 aromatic heterocycles. The summed E-state index contributed by atoms with van der Waals surface area (Å²) in [5, 5.41) is 3.52. The highest BCUT2D eigenvalue weighted by atomic mass is 16.3. The van der Waals surface area contributed by atoms with E-state index in [0.29, 0.717) is 6.04 Å². The van der Waals surface area contributed by atoms with E-state index in [4.69, 9.17) is 4.42 Å². The highest BCUT2D eigenvalue weighted by molar-refractivity contribution is 5.17. The van der Waals surface area contributed by atoms with Gasteiger partial charge >= 0.3 is 0 Å². The summed E-state index contributed by atoms with van der Waals surface area (Å²) in [5.74, 6) is 2.05. The highest BCUT2D eigenvalue weighted by Crippen LogP contribution is 2.35. The minimum atomic E-state index is 0.698. The lowest BCUT2D eigenvalue weighted by Crippen LogP contribution is -2.30. The Morgan fingerprint density at radius 2 is 2.17 bits per heavy atom. The van der Waals surface area contributed by atoms with Crippen LogP contribution in [-0.4, -0.2) is 24.0 Å². The van der Waals surface area contributed by atoms with Crippen molar-refractivity contribution in [2.24, 2.45) is 5.92 Å². The average molecular weight is 248 g/mol. The number of furan rings is 1. The normalized spacial score (nSPS) is 21.5. The van der Waals surface area contributed by atoms with E-state index in [1.807, 2.05) is 6.26 Å². The lowest BCUT2D eigenvalue weighted by atomic mass is 10.1. The van der Waals surface area contributed by atoms with Crippen molar-refractivity contribution >= 4 is 0 Å². The molecule has 0 amide bonds. The molecule has 2 aliphatic rings. The SMILES string of the molecule is CC(C1CC1)N(C)Cc1ccoc1CNC1CC1. The molecule has 3 nitrogen and oxygen atoms in total. The number of nitrogens with zero attached hydrogens (tertiary/aromatic N) is 1. The molecular formula is C15H24N2O. The minimum absolute atomic E-state index is 0.698. The Morgan fingerprint density at radius 1 is 1.39 bits per heavy atom. The fraction of sp³-hybridized carbons (Fsp3) is 0.733. The molecule has 0 aliphatic heterocycles. The Labute approximate surface area is 110 Å². The fourth-order valence-electron chi connectivity index (χ4n) is 2.54. The molecule has 0 bridgehead atoms. The zero-order chi connectivity index (χ0) is 12.5. The Kier molecular flexibility index (Phi) is 3.44. The van der Waals surface area contributed by atoms with Gasteiger partial charge in [0.05, 0.1) is 12.8 Å². The molecule has 1 atom stereocenters. The molecule has 3 rings (SSSR count). The topological polar surface area (TPSA) is 28.4 Å². The van der Waals surface area contributed by atoms with Gasteiger partial charge in [-0.05, 0) is 51.6 Å². The maximum Gasteiger partial charge on any atom is 0.122 e. The van der Waals surface area contributed by atoms with Gasteiger partial charge in [0.15, 0.2) is 0 Å². The van der Waals surface area contributed by atoms with Gasteiger partial charge in [0.25, 0.3) is 0 Å². The number of hydrogen-bond donors (Lipinski definition) is 1. The van der Waals surface area contributed by atoms with Crippen LogP contribution in [-0.2, 0) is 13.1 Å². The molecule has 1 aromatic rings. The lowest BCUT2D eigenvalue weighted by Gasteiger charge is -2.24. The molecule has 1 N–H and O–H groups in total. The molecule has 0 spiro atoms. The second-order valence-electron chi connectivity index (χ2n) is 6.02. The van der Waals surface area contributed by atoms with Gasteiger partial charge in [-0.25, -0.2) is 0 Å². The quantitative estimate of drug-likeness (QED) is 0.804. The third-order valence-corrected chi connectivity index (χ3v) is 4.39. The molecule has 2 fully saturated rings. The summed E-state index contributed by atoms with van der Waals surface area (Å²) in [4.78, 5) is 2.46. The van der Waals surface area contributed by atoms with Crippen molar-refractivity contribution in [3.63, 3.8) is 0 Å². The van der Waals surface area contributed by atoms with Gasteiger partial charge in [-0.2, -0.15) is 0 Å². The average Bonchev–Trinajstić information content (AvgIpc) is 3.26. The third kappa shape index (κ3) is 2.96. The van der Waals surface area contributed by atoms with Crippen LogP contribution in [0, 0.1) is 5.92 Å². The summed E-state index contributed by atoms with van der Waals surface area (Å²) in [6, 6.07) is 3.57. The predicted octanol–water partition coefficient (Wildman–Crippen LogP) is 2.76. The van der Waals surface area contributed by atoms with Crippen LogP contribution in [0.3, 0.4) is 0 Å². The van der Waals surface area contributed by atoms with Gasteiger partial charge in [0.2, 0.25) is 0 Å². The summed E-state index contributed by atoms with van der Waals surface area (Å²) >= 11 is 0. The zero-order valence-electron chi connectivity index (χ0n) is 11.5. The smallest absolute Gasteiger partial charge is 0.122 e. The summed E-state index contributed by atoms with van der Waals surface area (Å²) in [5.41, 5.74) is 1.35. The van der Waals surface area contributed by atoms with Crippen LogP contribution < -0.4 is 5.32 Å². The molecule has 18 heavy (non-hydrogen) atoms. The monoisotopic (exact) mass is 248 g/mol. The van der Waals surface area contributed by atoms with Crippen LogP contribution in [0.5, 0.6) is 0 Å². The first-order valence-electron chi connectivity index (χ1n) is 7.23. The van der Waals surface area contributed by atoms with E-state index in [0.717, 1.165) is 30.8 Å². The molecule has 2 aliphatic carbocycles. The largest absolute Gasteiger partial charge is 0.468 e. The van der Waals surface area contributed by atoms with E-state index in [9.17, 15) is 0 Å². The van der Waals surface area contributed by atoms with Gasteiger partial charge < -0.3 is 9.73 Å². The summed E-state index contributed by atoms with van der Waals surface area (Å²) in [7, 11) is 2.23. The minimum Gasteiger partial charge on any atom is -0.468 e. The summed E-state index contributed by atoms with van der Waals surface area (Å²) < 4.78 is 5.61. The van der Waals surface area contributed by atoms with Gasteiger partial charge in [-0.1, -0.05) is 0 Å². The van der Waals surface area contributed by atoms with E-state index in [1.54, 1.807) is 0 Å². The van der Waals surface area contributed by atoms with E-state index in [1.165, 1.54) is 31.2 Å². The van der Waals surface area contributed by atoms with Crippen molar-refractivity contribution in [1.29, 1.82) is 0 Å². The van der Waals surface area contributed by atoms with Crippen molar-refractivity contribution in [2.75, 3.05) is 7.05 Å². The first kappa shape index (κ1) is 12.2. The van der Waals surface area contributed by atoms with E-state index in [-0.39, 0.29) is 0 Å². The second-order valence-corrected chi connectivity index (χ2v) is 6.02. The standard InChI is InChI=1S/C15H24N2O/c1-11(12-3-4-12)17(2)10-13-7-8-18-15(13)9-16-14-5-6-14/h7-8,11-12,14,16H,3-6,9-10H2,1-2H3. The number of rotatable bonds is 7. The molecule has 0 saturated heterocycles. The Hall–Kier alpha value is -0.800. The maximum absolute atomic E-state index is 5.61. The zero-order valence-corrected chi connectivity index (χ0v) is 11.5. The summed E-state index contributed by atoms with van der Waals surface area (Å²) in [6.07, 6.45) is 7.30. The van der Waals surface area contributed by atoms with Crippen LogP contribution in [0.4, 0.5) is 0 Å². The van der Waals surface area contributed by atoms with Gasteiger partial charge in [-0.3, -0.25) is 4.90 Å². The highest BCUT2D eigenvalue weighted by Gasteiger charge is 2.30. The molecule has 100 valence electrons. The van der Waals surface area contributed by atoms with Crippen LogP contribution in [0.15, 0.2) is 16.7 Å². The molecule has 2 saturated carbocycles. The Balaban J connectivity index is 1.55. The van der Waals surface area contributed by atoms with Gasteiger partial charge in [0, 0.05) is 24.2 Å². The molecule has 3 heteroatoms. The van der Waals surface area contributed by atoms with Crippen LogP contribution in [0.2, 0.25) is 0 Å². The fourth-order valence-corrected chi connectivity index (χ4v) is 2.54. The van der Waals surface area contributed by atoms with Crippen molar-refractivity contribution in [3.8, 4) is 0 Å². The van der Waals surface area contributed by atoms with Crippen molar-refractivity contribution in [3.05, 3.63) is 23.7 Å². The predicted molar refractivity (Wildman–Crippen MR) is 72.2 cm³/mol. The molecule has 1 unspecified atom stereocenters. The van der Waals surface area contributed by atoms with Crippen molar-refractivity contribution in [1.82, 2.24) is 10.2 Å². The van der Waals surface area contributed by atoms with Gasteiger partial charge in [-0.15, -0.1) is 0 Å². The Morgan fingerprint density at radius 3 is 2.83 bits per heavy atom. The lowest BCUT2D eigenvalue weighted by molar-refractivity contribution is 0.224. The van der Waals surface area contributed by atoms with Crippen molar-refractivity contribution in [2.45, 2.75) is 57.8 Å². The van der Waals surface area contributed by atoms with Crippen molar-refractivity contribution < 1.29 is 4.42 Å². The second kappa shape index (κ2) is 5.06. The molecular weight excluding hydrogens is 224 g/mol. The van der Waals surface area contributed by atoms with E-state index < -0.39 is 0 Å². The molecule has 1 heterocycles.